The van der Waals surface area contributed by atoms with Crippen molar-refractivity contribution in [3.05, 3.63) is 52.7 Å². The van der Waals surface area contributed by atoms with E-state index in [9.17, 15) is 23.1 Å². The minimum atomic E-state index is -4.42. The van der Waals surface area contributed by atoms with Gasteiger partial charge in [-0.05, 0) is 69.8 Å². The molecule has 33 heavy (non-hydrogen) atoms. The number of aliphatic hydroxyl groups excluding tert-OH is 1. The second-order valence-corrected chi connectivity index (χ2v) is 9.10. The maximum absolute atomic E-state index is 13.3. The molecule has 1 unspecified atom stereocenters. The Morgan fingerprint density at radius 2 is 1.85 bits per heavy atom. The Morgan fingerprint density at radius 1 is 1.12 bits per heavy atom. The molecule has 5 nitrogen and oxygen atoms in total. The molecule has 0 radical (unpaired) electrons. The zero-order valence-corrected chi connectivity index (χ0v) is 19.0. The number of likely N-dealkylation sites (tertiary alicyclic amines) is 2. The summed E-state index contributed by atoms with van der Waals surface area (Å²) in [6.45, 7) is 6.02. The first kappa shape index (κ1) is 23.7. The van der Waals surface area contributed by atoms with Crippen molar-refractivity contribution in [1.29, 1.82) is 0 Å². The van der Waals surface area contributed by atoms with Crippen LogP contribution in [0.1, 0.15) is 52.9 Å². The second-order valence-electron chi connectivity index (χ2n) is 9.10. The summed E-state index contributed by atoms with van der Waals surface area (Å²) in [4.78, 5) is 22.0. The van der Waals surface area contributed by atoms with Crippen LogP contribution in [0.5, 0.6) is 0 Å². The number of hydrogen-bond acceptors (Lipinski definition) is 4. The van der Waals surface area contributed by atoms with Crippen LogP contribution in [-0.2, 0) is 6.18 Å². The third kappa shape index (κ3) is 4.92. The molecule has 2 aliphatic rings. The number of aromatic nitrogens is 1. The van der Waals surface area contributed by atoms with E-state index in [0.717, 1.165) is 44.4 Å². The van der Waals surface area contributed by atoms with Gasteiger partial charge in [-0.1, -0.05) is 12.1 Å². The molecule has 1 aromatic carbocycles. The maximum atomic E-state index is 13.3. The number of pyridine rings is 1. The van der Waals surface area contributed by atoms with Gasteiger partial charge in [-0.15, -0.1) is 0 Å². The zero-order chi connectivity index (χ0) is 23.8. The number of piperidine rings is 1. The summed E-state index contributed by atoms with van der Waals surface area (Å²) in [5.74, 6) is -0.0772. The van der Waals surface area contributed by atoms with Crippen molar-refractivity contribution < 1.29 is 23.1 Å². The molecule has 178 valence electrons. The quantitative estimate of drug-likeness (QED) is 0.731. The second kappa shape index (κ2) is 9.43. The van der Waals surface area contributed by atoms with Crippen molar-refractivity contribution in [2.24, 2.45) is 0 Å². The Hall–Kier alpha value is -2.45. The van der Waals surface area contributed by atoms with Gasteiger partial charge >= 0.3 is 6.18 Å². The number of aryl methyl sites for hydroxylation is 2. The first-order valence-corrected chi connectivity index (χ1v) is 11.5. The standard InChI is InChI=1S/C25H30F3N3O2/c1-16-13-22(18-5-3-6-19(14-18)25(26,27)28)29-17(2)23(16)24(33)30-11-8-20(9-12-30)31-10-4-7-21(31)15-32/h3,5-6,13-14,20-21,32H,4,7-12,15H2,1-2H3. The Bertz CT molecular complexity index is 993. The monoisotopic (exact) mass is 461 g/mol. The molecule has 4 rings (SSSR count). The van der Waals surface area contributed by atoms with E-state index in [0.29, 0.717) is 47.2 Å². The first-order chi connectivity index (χ1) is 15.7. The van der Waals surface area contributed by atoms with E-state index < -0.39 is 11.7 Å². The number of alkyl halides is 3. The number of nitrogens with zero attached hydrogens (tertiary/aromatic N) is 3. The normalized spacial score (nSPS) is 20.4. The molecule has 2 fully saturated rings. The van der Waals surface area contributed by atoms with Gasteiger partial charge in [0.1, 0.15) is 0 Å². The van der Waals surface area contributed by atoms with Crippen molar-refractivity contribution >= 4 is 5.91 Å². The Balaban J connectivity index is 1.49. The summed E-state index contributed by atoms with van der Waals surface area (Å²) in [6.07, 6.45) is -0.550. The molecule has 3 heterocycles. The SMILES string of the molecule is Cc1cc(-c2cccc(C(F)(F)F)c2)nc(C)c1C(=O)N1CCC(N2CCCC2CO)CC1. The lowest BCUT2D eigenvalue weighted by molar-refractivity contribution is -0.137. The van der Waals surface area contributed by atoms with Crippen LogP contribution in [0.3, 0.4) is 0 Å². The van der Waals surface area contributed by atoms with E-state index in [2.05, 4.69) is 9.88 Å². The van der Waals surface area contributed by atoms with E-state index in [1.54, 1.807) is 19.1 Å². The van der Waals surface area contributed by atoms with Crippen LogP contribution in [0.2, 0.25) is 0 Å². The molecule has 2 aromatic rings. The van der Waals surface area contributed by atoms with Crippen molar-refractivity contribution in [2.75, 3.05) is 26.2 Å². The molecular weight excluding hydrogens is 431 g/mol. The van der Waals surface area contributed by atoms with Gasteiger partial charge in [0.2, 0.25) is 0 Å². The number of halogens is 3. The average Bonchev–Trinajstić information content (AvgIpc) is 3.27. The fourth-order valence-corrected chi connectivity index (χ4v) is 5.25. The lowest BCUT2D eigenvalue weighted by Crippen LogP contribution is -2.49. The number of rotatable bonds is 4. The third-order valence-corrected chi connectivity index (χ3v) is 6.95. The Morgan fingerprint density at radius 3 is 2.48 bits per heavy atom. The molecular formula is C25H30F3N3O2. The summed E-state index contributed by atoms with van der Waals surface area (Å²) in [6, 6.07) is 7.40. The van der Waals surface area contributed by atoms with Crippen molar-refractivity contribution in [2.45, 2.75) is 57.8 Å². The molecule has 1 atom stereocenters. The minimum absolute atomic E-state index is 0.0772. The number of carbonyl (C=O) groups is 1. The van der Waals surface area contributed by atoms with E-state index >= 15 is 0 Å². The molecule has 0 aliphatic carbocycles. The number of benzene rings is 1. The highest BCUT2D eigenvalue weighted by atomic mass is 19.4. The largest absolute Gasteiger partial charge is 0.416 e. The summed E-state index contributed by atoms with van der Waals surface area (Å²) in [7, 11) is 0. The van der Waals surface area contributed by atoms with Crippen molar-refractivity contribution in [3.8, 4) is 11.3 Å². The molecule has 1 aromatic heterocycles. The van der Waals surface area contributed by atoms with Gasteiger partial charge < -0.3 is 10.0 Å². The molecule has 0 spiro atoms. The fourth-order valence-electron chi connectivity index (χ4n) is 5.25. The lowest BCUT2D eigenvalue weighted by atomic mass is 9.98. The van der Waals surface area contributed by atoms with Crippen molar-refractivity contribution in [1.82, 2.24) is 14.8 Å². The lowest BCUT2D eigenvalue weighted by Gasteiger charge is -2.39. The zero-order valence-electron chi connectivity index (χ0n) is 19.0. The van der Waals surface area contributed by atoms with Crippen LogP contribution >= 0.6 is 0 Å². The van der Waals surface area contributed by atoms with Gasteiger partial charge in [0.15, 0.2) is 0 Å². The van der Waals surface area contributed by atoms with Gasteiger partial charge in [-0.3, -0.25) is 14.7 Å². The molecule has 1 amide bonds. The Labute approximate surface area is 192 Å². The predicted octanol–water partition coefficient (Wildman–Crippen LogP) is 4.45. The number of hydrogen-bond donors (Lipinski definition) is 1. The highest BCUT2D eigenvalue weighted by Crippen LogP contribution is 2.33. The van der Waals surface area contributed by atoms with Crippen LogP contribution in [-0.4, -0.2) is 64.1 Å². The van der Waals surface area contributed by atoms with Crippen LogP contribution in [0.25, 0.3) is 11.3 Å². The van der Waals surface area contributed by atoms with E-state index in [1.165, 1.54) is 6.07 Å². The molecule has 2 saturated heterocycles. The number of amides is 1. The topological polar surface area (TPSA) is 56.7 Å². The van der Waals surface area contributed by atoms with Gasteiger partial charge in [-0.2, -0.15) is 13.2 Å². The van der Waals surface area contributed by atoms with E-state index in [4.69, 9.17) is 0 Å². The molecule has 0 saturated carbocycles. The van der Waals surface area contributed by atoms with Gasteiger partial charge in [-0.25, -0.2) is 0 Å². The molecule has 8 heteroatoms. The summed E-state index contributed by atoms with van der Waals surface area (Å²) in [5, 5.41) is 9.61. The number of carbonyl (C=O) groups excluding carboxylic acids is 1. The van der Waals surface area contributed by atoms with Gasteiger partial charge in [0, 0.05) is 30.7 Å². The van der Waals surface area contributed by atoms with Crippen LogP contribution < -0.4 is 0 Å². The highest BCUT2D eigenvalue weighted by molar-refractivity contribution is 5.97. The van der Waals surface area contributed by atoms with Crippen molar-refractivity contribution in [3.63, 3.8) is 0 Å². The predicted molar refractivity (Wildman–Crippen MR) is 120 cm³/mol. The summed E-state index contributed by atoms with van der Waals surface area (Å²) < 4.78 is 39.3. The summed E-state index contributed by atoms with van der Waals surface area (Å²) in [5.41, 5.74) is 1.84. The van der Waals surface area contributed by atoms with Gasteiger partial charge in [0.05, 0.1) is 29.1 Å². The smallest absolute Gasteiger partial charge is 0.395 e. The molecule has 0 bridgehead atoms. The number of aliphatic hydroxyl groups is 1. The highest BCUT2D eigenvalue weighted by Gasteiger charge is 2.34. The maximum Gasteiger partial charge on any atom is 0.416 e. The first-order valence-electron chi connectivity index (χ1n) is 11.5. The van der Waals surface area contributed by atoms with Crippen LogP contribution in [0.15, 0.2) is 30.3 Å². The van der Waals surface area contributed by atoms with E-state index in [-0.39, 0.29) is 18.6 Å². The van der Waals surface area contributed by atoms with Gasteiger partial charge in [0.25, 0.3) is 5.91 Å². The summed E-state index contributed by atoms with van der Waals surface area (Å²) >= 11 is 0. The molecule has 1 N–H and O–H groups in total. The third-order valence-electron chi connectivity index (χ3n) is 6.95. The minimum Gasteiger partial charge on any atom is -0.395 e. The van der Waals surface area contributed by atoms with Crippen LogP contribution in [0, 0.1) is 13.8 Å². The Kier molecular flexibility index (Phi) is 6.77. The fraction of sp³-hybridized carbons (Fsp3) is 0.520. The molecule has 2 aliphatic heterocycles. The van der Waals surface area contributed by atoms with E-state index in [1.807, 2.05) is 11.8 Å². The van der Waals surface area contributed by atoms with Crippen LogP contribution in [0.4, 0.5) is 13.2 Å². The average molecular weight is 462 g/mol.